The maximum absolute atomic E-state index is 13.8. The Morgan fingerprint density at radius 1 is 1.48 bits per heavy atom. The van der Waals surface area contributed by atoms with Crippen molar-refractivity contribution in [1.29, 1.82) is 0 Å². The molecular formula is C17H22FNO4. The zero-order valence-electron chi connectivity index (χ0n) is 13.3. The SMILES string of the molecule is CCOC(=O)C1CCCN(Cc2cc(F)cc3c2OCOC3)C1. The summed E-state index contributed by atoms with van der Waals surface area (Å²) < 4.78 is 29.7. The normalized spacial score (nSPS) is 21.4. The first-order valence-corrected chi connectivity index (χ1v) is 8.08. The van der Waals surface area contributed by atoms with E-state index in [1.165, 1.54) is 12.1 Å². The molecule has 1 aromatic rings. The second-order valence-corrected chi connectivity index (χ2v) is 5.99. The van der Waals surface area contributed by atoms with Gasteiger partial charge in [-0.1, -0.05) is 0 Å². The third-order valence-electron chi connectivity index (χ3n) is 4.27. The van der Waals surface area contributed by atoms with Crippen LogP contribution >= 0.6 is 0 Å². The second kappa shape index (κ2) is 7.27. The molecule has 2 aliphatic rings. The third-order valence-corrected chi connectivity index (χ3v) is 4.27. The number of halogens is 1. The fourth-order valence-electron chi connectivity index (χ4n) is 3.27. The van der Waals surface area contributed by atoms with Gasteiger partial charge in [0.05, 0.1) is 19.1 Å². The van der Waals surface area contributed by atoms with Crippen LogP contribution in [-0.2, 0) is 27.4 Å². The number of carbonyl (C=O) groups is 1. The molecule has 1 saturated heterocycles. The highest BCUT2D eigenvalue weighted by Crippen LogP contribution is 2.31. The van der Waals surface area contributed by atoms with Crippen molar-refractivity contribution < 1.29 is 23.4 Å². The topological polar surface area (TPSA) is 48.0 Å². The predicted octanol–water partition coefficient (Wildman–Crippen LogP) is 2.47. The van der Waals surface area contributed by atoms with Crippen molar-refractivity contribution in [2.75, 3.05) is 26.5 Å². The number of rotatable bonds is 4. The van der Waals surface area contributed by atoms with Crippen molar-refractivity contribution in [3.05, 3.63) is 29.1 Å². The summed E-state index contributed by atoms with van der Waals surface area (Å²) in [6, 6.07) is 2.97. The molecule has 1 unspecified atom stereocenters. The number of benzene rings is 1. The second-order valence-electron chi connectivity index (χ2n) is 5.99. The van der Waals surface area contributed by atoms with E-state index in [4.69, 9.17) is 14.2 Å². The number of likely N-dealkylation sites (tertiary alicyclic amines) is 1. The van der Waals surface area contributed by atoms with Crippen LogP contribution in [0.3, 0.4) is 0 Å². The van der Waals surface area contributed by atoms with Crippen LogP contribution in [0.1, 0.15) is 30.9 Å². The summed E-state index contributed by atoms with van der Waals surface area (Å²) >= 11 is 0. The van der Waals surface area contributed by atoms with Crippen molar-refractivity contribution in [3.8, 4) is 5.75 Å². The lowest BCUT2D eigenvalue weighted by Crippen LogP contribution is -2.39. The number of hydrogen-bond donors (Lipinski definition) is 0. The van der Waals surface area contributed by atoms with E-state index < -0.39 is 0 Å². The molecule has 0 N–H and O–H groups in total. The summed E-state index contributed by atoms with van der Waals surface area (Å²) in [6.07, 6.45) is 1.78. The van der Waals surface area contributed by atoms with Gasteiger partial charge in [0.2, 0.25) is 0 Å². The highest BCUT2D eigenvalue weighted by atomic mass is 19.1. The molecule has 0 radical (unpaired) electrons. The molecule has 0 amide bonds. The molecule has 0 aliphatic carbocycles. The van der Waals surface area contributed by atoms with Gasteiger partial charge in [-0.05, 0) is 38.4 Å². The highest BCUT2D eigenvalue weighted by Gasteiger charge is 2.28. The molecule has 6 heteroatoms. The van der Waals surface area contributed by atoms with E-state index in [0.29, 0.717) is 26.3 Å². The van der Waals surface area contributed by atoms with Crippen molar-refractivity contribution in [1.82, 2.24) is 4.90 Å². The number of ether oxygens (including phenoxy) is 3. The van der Waals surface area contributed by atoms with Gasteiger partial charge in [-0.3, -0.25) is 9.69 Å². The van der Waals surface area contributed by atoms with Crippen LogP contribution in [0.5, 0.6) is 5.75 Å². The number of fused-ring (bicyclic) bond motifs is 1. The van der Waals surface area contributed by atoms with Gasteiger partial charge < -0.3 is 14.2 Å². The Morgan fingerprint density at radius 3 is 3.17 bits per heavy atom. The fraction of sp³-hybridized carbons (Fsp3) is 0.588. The monoisotopic (exact) mass is 323 g/mol. The molecule has 0 bridgehead atoms. The van der Waals surface area contributed by atoms with Gasteiger partial charge in [-0.15, -0.1) is 0 Å². The number of carbonyl (C=O) groups excluding carboxylic acids is 1. The van der Waals surface area contributed by atoms with Gasteiger partial charge in [0.15, 0.2) is 6.79 Å². The molecule has 0 spiro atoms. The summed E-state index contributed by atoms with van der Waals surface area (Å²) in [7, 11) is 0. The van der Waals surface area contributed by atoms with E-state index in [0.717, 1.165) is 36.3 Å². The van der Waals surface area contributed by atoms with Crippen LogP contribution in [0.2, 0.25) is 0 Å². The summed E-state index contributed by atoms with van der Waals surface area (Å²) in [5.74, 6) is 0.197. The Morgan fingerprint density at radius 2 is 2.35 bits per heavy atom. The maximum atomic E-state index is 13.8. The number of hydrogen-bond acceptors (Lipinski definition) is 5. The van der Waals surface area contributed by atoms with E-state index in [2.05, 4.69) is 4.90 Å². The molecule has 23 heavy (non-hydrogen) atoms. The largest absolute Gasteiger partial charge is 0.467 e. The zero-order valence-corrected chi connectivity index (χ0v) is 13.3. The van der Waals surface area contributed by atoms with Crippen LogP contribution in [0.4, 0.5) is 4.39 Å². The van der Waals surface area contributed by atoms with Gasteiger partial charge in [-0.25, -0.2) is 4.39 Å². The first kappa shape index (κ1) is 16.2. The van der Waals surface area contributed by atoms with Crippen LogP contribution in [0.25, 0.3) is 0 Å². The number of esters is 1. The number of piperidine rings is 1. The minimum Gasteiger partial charge on any atom is -0.467 e. The Labute approximate surface area is 135 Å². The van der Waals surface area contributed by atoms with Gasteiger partial charge in [0.25, 0.3) is 0 Å². The minimum atomic E-state index is -0.285. The molecule has 0 saturated carbocycles. The van der Waals surface area contributed by atoms with Crippen molar-refractivity contribution >= 4 is 5.97 Å². The average molecular weight is 323 g/mol. The molecule has 0 aromatic heterocycles. The Hall–Kier alpha value is -1.66. The predicted molar refractivity (Wildman–Crippen MR) is 81.3 cm³/mol. The van der Waals surface area contributed by atoms with Crippen molar-refractivity contribution in [3.63, 3.8) is 0 Å². The minimum absolute atomic E-state index is 0.0997. The molecule has 1 fully saturated rings. The van der Waals surface area contributed by atoms with E-state index in [1.807, 2.05) is 6.92 Å². The number of nitrogens with zero attached hydrogens (tertiary/aromatic N) is 1. The Kier molecular flexibility index (Phi) is 5.13. The molecule has 2 aliphatic heterocycles. The van der Waals surface area contributed by atoms with E-state index >= 15 is 0 Å². The first-order chi connectivity index (χ1) is 11.2. The van der Waals surface area contributed by atoms with Crippen molar-refractivity contribution in [2.24, 2.45) is 5.92 Å². The van der Waals surface area contributed by atoms with Crippen LogP contribution in [-0.4, -0.2) is 37.4 Å². The van der Waals surface area contributed by atoms with Gasteiger partial charge in [0.1, 0.15) is 11.6 Å². The molecule has 2 heterocycles. The summed E-state index contributed by atoms with van der Waals surface area (Å²) in [6.45, 7) is 4.87. The lowest BCUT2D eigenvalue weighted by molar-refractivity contribution is -0.150. The average Bonchev–Trinajstić information content (AvgIpc) is 2.55. The van der Waals surface area contributed by atoms with Gasteiger partial charge in [-0.2, -0.15) is 0 Å². The van der Waals surface area contributed by atoms with E-state index in [-0.39, 0.29) is 24.5 Å². The van der Waals surface area contributed by atoms with Gasteiger partial charge >= 0.3 is 5.97 Å². The molecular weight excluding hydrogens is 301 g/mol. The van der Waals surface area contributed by atoms with Crippen LogP contribution in [0.15, 0.2) is 12.1 Å². The summed E-state index contributed by atoms with van der Waals surface area (Å²) in [4.78, 5) is 14.1. The molecule has 3 rings (SSSR count). The standard InChI is InChI=1S/C17H22FNO4/c1-2-22-17(20)12-4-3-5-19(8-12)9-13-6-15(18)7-14-10-21-11-23-16(13)14/h6-7,12H,2-5,8-11H2,1H3. The van der Waals surface area contributed by atoms with E-state index in [1.54, 1.807) is 0 Å². The highest BCUT2D eigenvalue weighted by molar-refractivity contribution is 5.72. The Balaban J connectivity index is 1.71. The van der Waals surface area contributed by atoms with Crippen LogP contribution in [0, 0.1) is 11.7 Å². The zero-order chi connectivity index (χ0) is 16.2. The maximum Gasteiger partial charge on any atom is 0.310 e. The van der Waals surface area contributed by atoms with Crippen molar-refractivity contribution in [2.45, 2.75) is 32.9 Å². The van der Waals surface area contributed by atoms with Gasteiger partial charge in [0, 0.05) is 24.2 Å². The van der Waals surface area contributed by atoms with Crippen LogP contribution < -0.4 is 4.74 Å². The first-order valence-electron chi connectivity index (χ1n) is 8.08. The lowest BCUT2D eigenvalue weighted by Gasteiger charge is -2.32. The summed E-state index contributed by atoms with van der Waals surface area (Å²) in [5.41, 5.74) is 1.55. The summed E-state index contributed by atoms with van der Waals surface area (Å²) in [5, 5.41) is 0. The molecule has 1 aromatic carbocycles. The molecule has 5 nitrogen and oxygen atoms in total. The quantitative estimate of drug-likeness (QED) is 0.797. The smallest absolute Gasteiger partial charge is 0.310 e. The van der Waals surface area contributed by atoms with E-state index in [9.17, 15) is 9.18 Å². The fourth-order valence-corrected chi connectivity index (χ4v) is 3.27. The third kappa shape index (κ3) is 3.82. The Bertz CT molecular complexity index is 578. The molecule has 1 atom stereocenters. The lowest BCUT2D eigenvalue weighted by atomic mass is 9.97. The molecule has 126 valence electrons.